The number of hydrogen-bond donors (Lipinski definition) is 3. The fraction of sp³-hybridized carbons (Fsp3) is 0.925. The third-order valence-corrected chi connectivity index (χ3v) is 12.3. The number of nitrogens with one attached hydrogen (secondary N) is 1. The van der Waals surface area contributed by atoms with Crippen molar-refractivity contribution in [1.82, 2.24) is 5.32 Å². The van der Waals surface area contributed by atoms with Crippen LogP contribution in [0.3, 0.4) is 0 Å². The molecular formula is C53H103NO5. The Hall–Kier alpha value is -1.40. The van der Waals surface area contributed by atoms with Gasteiger partial charge in [-0.25, -0.2) is 0 Å². The largest absolute Gasteiger partial charge is 0.462 e. The number of carbonyl (C=O) groups excluding carboxylic acids is 2. The number of rotatable bonds is 48. The lowest BCUT2D eigenvalue weighted by atomic mass is 10.0. The zero-order valence-electron chi connectivity index (χ0n) is 39.9. The van der Waals surface area contributed by atoms with Crippen LogP contribution in [0.2, 0.25) is 0 Å². The summed E-state index contributed by atoms with van der Waals surface area (Å²) in [6, 6.07) is -0.698. The summed E-state index contributed by atoms with van der Waals surface area (Å²) in [5.41, 5.74) is 0. The van der Waals surface area contributed by atoms with Gasteiger partial charge in [-0.3, -0.25) is 9.59 Å². The van der Waals surface area contributed by atoms with Gasteiger partial charge in [-0.2, -0.15) is 0 Å². The normalized spacial score (nSPS) is 13.2. The molecule has 0 aromatic rings. The molecule has 0 spiro atoms. The third kappa shape index (κ3) is 43.1. The van der Waals surface area contributed by atoms with Gasteiger partial charge in [0.25, 0.3) is 0 Å². The number of aliphatic hydroxyl groups excluding tert-OH is 2. The van der Waals surface area contributed by atoms with Crippen molar-refractivity contribution in [2.45, 2.75) is 309 Å². The molecule has 1 amide bonds. The van der Waals surface area contributed by atoms with Gasteiger partial charge in [0.2, 0.25) is 5.91 Å². The summed E-state index contributed by atoms with van der Waals surface area (Å²) in [6.45, 7) is 6.48. The zero-order valence-corrected chi connectivity index (χ0v) is 39.9. The Kier molecular flexibility index (Phi) is 46.5. The van der Waals surface area contributed by atoms with Gasteiger partial charge < -0.3 is 20.3 Å². The minimum absolute atomic E-state index is 0.0738. The van der Waals surface area contributed by atoms with Crippen molar-refractivity contribution in [2.24, 2.45) is 0 Å². The van der Waals surface area contributed by atoms with Crippen LogP contribution in [0, 0.1) is 0 Å². The Morgan fingerprint density at radius 2 is 0.814 bits per heavy atom. The maximum absolute atomic E-state index is 13.2. The number of carbonyl (C=O) groups is 2. The summed E-state index contributed by atoms with van der Waals surface area (Å²) in [5, 5.41) is 23.7. The Morgan fingerprint density at radius 1 is 0.475 bits per heavy atom. The topological polar surface area (TPSA) is 95.9 Å². The molecular weight excluding hydrogens is 731 g/mol. The molecule has 0 saturated carbocycles. The van der Waals surface area contributed by atoms with E-state index in [2.05, 4.69) is 38.2 Å². The van der Waals surface area contributed by atoms with E-state index < -0.39 is 18.2 Å². The van der Waals surface area contributed by atoms with Crippen molar-refractivity contribution < 1.29 is 24.5 Å². The van der Waals surface area contributed by atoms with Crippen LogP contribution in [0.25, 0.3) is 0 Å². The summed E-state index contributed by atoms with van der Waals surface area (Å²) in [4.78, 5) is 26.1. The highest BCUT2D eigenvalue weighted by molar-refractivity contribution is 5.77. The molecule has 0 heterocycles. The van der Waals surface area contributed by atoms with E-state index >= 15 is 0 Å². The lowest BCUT2D eigenvalue weighted by molar-refractivity contribution is -0.151. The maximum Gasteiger partial charge on any atom is 0.306 e. The molecule has 59 heavy (non-hydrogen) atoms. The van der Waals surface area contributed by atoms with E-state index in [0.29, 0.717) is 19.3 Å². The SMILES string of the molecule is CCCCCCCCC/C=C/CCCCCC(CC(=O)NC(CO)C(O)CCCCCCCCCCC)OC(=O)CCCCCCCCCCCCCCCCCCC. The molecule has 3 unspecified atom stereocenters. The Bertz CT molecular complexity index is 893. The quantitative estimate of drug-likeness (QED) is 0.0322. The number of allylic oxidation sites excluding steroid dienone is 2. The molecule has 0 aliphatic carbocycles. The number of ether oxygens (including phenoxy) is 1. The number of amides is 1. The monoisotopic (exact) mass is 834 g/mol. The van der Waals surface area contributed by atoms with E-state index in [1.54, 1.807) is 0 Å². The first-order valence-corrected chi connectivity index (χ1v) is 26.4. The molecule has 0 rings (SSSR count). The van der Waals surface area contributed by atoms with E-state index in [9.17, 15) is 19.8 Å². The van der Waals surface area contributed by atoms with Crippen molar-refractivity contribution >= 4 is 11.9 Å². The maximum atomic E-state index is 13.2. The molecule has 3 atom stereocenters. The molecule has 0 bridgehead atoms. The molecule has 350 valence electrons. The average molecular weight is 834 g/mol. The Balaban J connectivity index is 4.51. The fourth-order valence-electron chi connectivity index (χ4n) is 8.31. The highest BCUT2D eigenvalue weighted by Crippen LogP contribution is 2.18. The lowest BCUT2D eigenvalue weighted by Gasteiger charge is -2.24. The molecule has 0 aliphatic heterocycles. The number of hydrogen-bond acceptors (Lipinski definition) is 5. The second-order valence-electron chi connectivity index (χ2n) is 18.3. The summed E-state index contributed by atoms with van der Waals surface area (Å²) < 4.78 is 5.93. The highest BCUT2D eigenvalue weighted by atomic mass is 16.5. The van der Waals surface area contributed by atoms with Gasteiger partial charge in [0.1, 0.15) is 6.10 Å². The summed E-state index contributed by atoms with van der Waals surface area (Å²) >= 11 is 0. The van der Waals surface area contributed by atoms with Crippen LogP contribution >= 0.6 is 0 Å². The molecule has 6 nitrogen and oxygen atoms in total. The molecule has 0 aliphatic rings. The van der Waals surface area contributed by atoms with Crippen molar-refractivity contribution in [3.8, 4) is 0 Å². The Morgan fingerprint density at radius 3 is 1.22 bits per heavy atom. The minimum Gasteiger partial charge on any atom is -0.462 e. The van der Waals surface area contributed by atoms with Crippen LogP contribution in [0.4, 0.5) is 0 Å². The van der Waals surface area contributed by atoms with Crippen LogP contribution in [0.15, 0.2) is 12.2 Å². The first-order valence-electron chi connectivity index (χ1n) is 26.4. The van der Waals surface area contributed by atoms with E-state index in [4.69, 9.17) is 4.74 Å². The van der Waals surface area contributed by atoms with E-state index in [1.165, 1.54) is 180 Å². The number of aliphatic hydroxyl groups is 2. The third-order valence-electron chi connectivity index (χ3n) is 12.3. The van der Waals surface area contributed by atoms with E-state index in [-0.39, 0.29) is 24.9 Å². The summed E-state index contributed by atoms with van der Waals surface area (Å²) in [6.07, 6.45) is 52.8. The second-order valence-corrected chi connectivity index (χ2v) is 18.3. The Labute approximate surface area is 368 Å². The number of unbranched alkanes of at least 4 members (excludes halogenated alkanes) is 34. The van der Waals surface area contributed by atoms with Gasteiger partial charge >= 0.3 is 5.97 Å². The van der Waals surface area contributed by atoms with Gasteiger partial charge in [0.15, 0.2) is 0 Å². The standard InChI is InChI=1S/C53H103NO5/c1-4-7-10-13-16-19-21-23-25-26-27-29-31-34-37-40-43-46-53(58)59-49(44-41-38-35-33-30-28-24-22-20-17-14-11-8-5-2)47-52(57)54-50(48-55)51(56)45-42-39-36-32-18-15-12-9-6-3/h28,30,49-51,55-56H,4-27,29,31-48H2,1-3H3,(H,54,57)/b30-28+. The first kappa shape index (κ1) is 57.6. The molecule has 0 fully saturated rings. The van der Waals surface area contributed by atoms with Crippen molar-refractivity contribution in [2.75, 3.05) is 6.61 Å². The molecule has 0 saturated heterocycles. The van der Waals surface area contributed by atoms with Crippen molar-refractivity contribution in [3.05, 3.63) is 12.2 Å². The average Bonchev–Trinajstić information content (AvgIpc) is 3.23. The predicted octanol–water partition coefficient (Wildman–Crippen LogP) is 15.7. The van der Waals surface area contributed by atoms with Crippen LogP contribution in [0.5, 0.6) is 0 Å². The zero-order chi connectivity index (χ0) is 43.1. The fourth-order valence-corrected chi connectivity index (χ4v) is 8.31. The molecule has 3 N–H and O–H groups in total. The van der Waals surface area contributed by atoms with Crippen molar-refractivity contribution in [1.29, 1.82) is 0 Å². The van der Waals surface area contributed by atoms with Gasteiger partial charge in [-0.15, -0.1) is 0 Å². The minimum atomic E-state index is -0.784. The van der Waals surface area contributed by atoms with Gasteiger partial charge in [-0.05, 0) is 51.4 Å². The molecule has 0 aromatic heterocycles. The summed E-state index contributed by atoms with van der Waals surface area (Å²) in [5.74, 6) is -0.472. The van der Waals surface area contributed by atoms with Crippen LogP contribution in [-0.2, 0) is 14.3 Å². The van der Waals surface area contributed by atoms with Crippen LogP contribution in [0.1, 0.15) is 290 Å². The lowest BCUT2D eigenvalue weighted by Crippen LogP contribution is -2.46. The van der Waals surface area contributed by atoms with Crippen LogP contribution < -0.4 is 5.32 Å². The van der Waals surface area contributed by atoms with Gasteiger partial charge in [0, 0.05) is 6.42 Å². The van der Waals surface area contributed by atoms with Crippen molar-refractivity contribution in [3.63, 3.8) is 0 Å². The molecule has 6 heteroatoms. The molecule has 0 aromatic carbocycles. The number of esters is 1. The second kappa shape index (κ2) is 47.6. The smallest absolute Gasteiger partial charge is 0.306 e. The van der Waals surface area contributed by atoms with Crippen LogP contribution in [-0.4, -0.2) is 46.9 Å². The first-order chi connectivity index (χ1) is 29.0. The molecule has 0 radical (unpaired) electrons. The van der Waals surface area contributed by atoms with E-state index in [0.717, 1.165) is 64.2 Å². The summed E-state index contributed by atoms with van der Waals surface area (Å²) in [7, 11) is 0. The van der Waals surface area contributed by atoms with Gasteiger partial charge in [-0.1, -0.05) is 238 Å². The van der Waals surface area contributed by atoms with Gasteiger partial charge in [0.05, 0.1) is 25.2 Å². The predicted molar refractivity (Wildman–Crippen MR) is 255 cm³/mol. The van der Waals surface area contributed by atoms with E-state index in [1.807, 2.05) is 0 Å². The highest BCUT2D eigenvalue weighted by Gasteiger charge is 2.24.